The molecule has 1 aliphatic rings. The van der Waals surface area contributed by atoms with Crippen LogP contribution in [0.2, 0.25) is 0 Å². The van der Waals surface area contributed by atoms with Crippen LogP contribution in [0.15, 0.2) is 36.4 Å². The van der Waals surface area contributed by atoms with Crippen LogP contribution in [0, 0.1) is 24.2 Å². The molecule has 1 saturated heterocycles. The van der Waals surface area contributed by atoms with Gasteiger partial charge in [-0.25, -0.2) is 0 Å². The number of anilines is 1. The number of rotatable bonds is 6. The number of carboxylic acids is 1. The summed E-state index contributed by atoms with van der Waals surface area (Å²) in [5, 5.41) is 18.0. The first-order chi connectivity index (χ1) is 14.5. The molecule has 1 unspecified atom stereocenters. The van der Waals surface area contributed by atoms with E-state index in [4.69, 9.17) is 10.4 Å². The topological polar surface area (TPSA) is 67.6 Å². The van der Waals surface area contributed by atoms with Gasteiger partial charge in [0.15, 0.2) is 0 Å². The second-order valence-electron chi connectivity index (χ2n) is 8.04. The van der Waals surface area contributed by atoms with E-state index in [0.717, 1.165) is 22.8 Å². The fourth-order valence-electron chi connectivity index (χ4n) is 3.75. The highest BCUT2D eigenvalue weighted by molar-refractivity contribution is 5.71. The summed E-state index contributed by atoms with van der Waals surface area (Å²) in [5.74, 6) is -1.11. The first kappa shape index (κ1) is 22.6. The van der Waals surface area contributed by atoms with Gasteiger partial charge >= 0.3 is 12.1 Å². The molecule has 0 aromatic heterocycles. The molecule has 2 aromatic rings. The van der Waals surface area contributed by atoms with Crippen molar-refractivity contribution in [1.29, 1.82) is 5.26 Å². The van der Waals surface area contributed by atoms with E-state index in [1.807, 2.05) is 32.0 Å². The van der Waals surface area contributed by atoms with E-state index in [-0.39, 0.29) is 12.0 Å². The average Bonchev–Trinajstić information content (AvgIpc) is 2.69. The molecule has 0 saturated carbocycles. The monoisotopic (exact) mass is 431 g/mol. The predicted molar refractivity (Wildman–Crippen MR) is 111 cm³/mol. The third-order valence-corrected chi connectivity index (χ3v) is 5.97. The maximum atomic E-state index is 13.3. The Hall–Kier alpha value is -3.05. The normalized spacial score (nSPS) is 15.8. The lowest BCUT2D eigenvalue weighted by molar-refractivity contribution is -0.147. The lowest BCUT2D eigenvalue weighted by Crippen LogP contribution is -2.49. The van der Waals surface area contributed by atoms with Crippen molar-refractivity contribution < 1.29 is 23.1 Å². The zero-order chi connectivity index (χ0) is 22.9. The van der Waals surface area contributed by atoms with E-state index in [9.17, 15) is 18.0 Å². The number of benzene rings is 2. The number of nitriles is 1. The van der Waals surface area contributed by atoms with Crippen LogP contribution in [-0.2, 0) is 17.5 Å². The van der Waals surface area contributed by atoms with Crippen molar-refractivity contribution in [2.45, 2.75) is 32.6 Å². The van der Waals surface area contributed by atoms with Gasteiger partial charge in [-0.15, -0.1) is 0 Å². The lowest BCUT2D eigenvalue weighted by Gasteiger charge is -2.37. The van der Waals surface area contributed by atoms with Crippen LogP contribution in [0.1, 0.15) is 40.8 Å². The number of hydrogen-bond acceptors (Lipinski definition) is 4. The predicted octanol–water partition coefficient (Wildman–Crippen LogP) is 4.60. The quantitative estimate of drug-likeness (QED) is 0.724. The van der Waals surface area contributed by atoms with Crippen LogP contribution in [0.5, 0.6) is 0 Å². The average molecular weight is 431 g/mol. The Bertz CT molecular complexity index is 1020. The Morgan fingerprint density at radius 3 is 2.55 bits per heavy atom. The molecule has 2 aromatic carbocycles. The molecule has 5 nitrogen and oxygen atoms in total. The van der Waals surface area contributed by atoms with Gasteiger partial charge in [0.2, 0.25) is 0 Å². The minimum Gasteiger partial charge on any atom is -0.481 e. The summed E-state index contributed by atoms with van der Waals surface area (Å²) in [5.41, 5.74) is 2.11. The molecule has 164 valence electrons. The number of nitrogens with zero attached hydrogens (tertiary/aromatic N) is 3. The minimum atomic E-state index is -4.60. The van der Waals surface area contributed by atoms with Crippen LogP contribution in [0.3, 0.4) is 0 Å². The van der Waals surface area contributed by atoms with Crippen LogP contribution in [-0.4, -0.2) is 36.1 Å². The van der Waals surface area contributed by atoms with Crippen LogP contribution in [0.25, 0.3) is 0 Å². The molecule has 1 atom stereocenters. The first-order valence-electron chi connectivity index (χ1n) is 9.90. The Balaban J connectivity index is 1.81. The second-order valence-corrected chi connectivity index (χ2v) is 8.04. The fourth-order valence-corrected chi connectivity index (χ4v) is 3.75. The molecule has 8 heteroatoms. The van der Waals surface area contributed by atoms with Crippen molar-refractivity contribution in [2.75, 3.05) is 25.0 Å². The van der Waals surface area contributed by atoms with E-state index in [1.54, 1.807) is 18.0 Å². The van der Waals surface area contributed by atoms with Crippen molar-refractivity contribution in [3.05, 3.63) is 64.2 Å². The molecule has 0 radical (unpaired) electrons. The van der Waals surface area contributed by atoms with Gasteiger partial charge in [0.1, 0.15) is 0 Å². The number of carboxylic acid groups (broad SMARTS) is 1. The standard InChI is InChI=1S/C23H24F3N3O2/c1-14-4-5-16(8-18(14)11-29-12-19(13-29)22(30)31)15(2)28(3)20-7-6-17(10-27)21(9-20)23(24,25)26/h4-9,15,19H,11-13H2,1-3H3,(H,30,31). The summed E-state index contributed by atoms with van der Waals surface area (Å²) in [4.78, 5) is 14.8. The van der Waals surface area contributed by atoms with Crippen molar-refractivity contribution in [2.24, 2.45) is 5.92 Å². The molecule has 1 aliphatic heterocycles. The van der Waals surface area contributed by atoms with E-state index in [2.05, 4.69) is 4.90 Å². The number of hydrogen-bond donors (Lipinski definition) is 1. The number of alkyl halides is 3. The Morgan fingerprint density at radius 2 is 1.97 bits per heavy atom. The first-order valence-corrected chi connectivity index (χ1v) is 9.90. The van der Waals surface area contributed by atoms with E-state index < -0.39 is 23.3 Å². The van der Waals surface area contributed by atoms with Crippen LogP contribution in [0.4, 0.5) is 18.9 Å². The molecular weight excluding hydrogens is 407 g/mol. The van der Waals surface area contributed by atoms with Gasteiger partial charge in [-0.3, -0.25) is 9.69 Å². The molecule has 1 N–H and O–H groups in total. The van der Waals surface area contributed by atoms with Crippen LogP contribution >= 0.6 is 0 Å². The Labute approximate surface area is 179 Å². The van der Waals surface area contributed by atoms with E-state index in [0.29, 0.717) is 25.3 Å². The third-order valence-electron chi connectivity index (χ3n) is 5.97. The molecule has 1 fully saturated rings. The molecule has 0 bridgehead atoms. The summed E-state index contributed by atoms with van der Waals surface area (Å²) in [6.45, 7) is 5.55. The molecule has 3 rings (SSSR count). The van der Waals surface area contributed by atoms with Crippen molar-refractivity contribution in [3.8, 4) is 6.07 Å². The van der Waals surface area contributed by atoms with Crippen LogP contribution < -0.4 is 4.90 Å². The highest BCUT2D eigenvalue weighted by Crippen LogP contribution is 2.36. The second kappa shape index (κ2) is 8.60. The smallest absolute Gasteiger partial charge is 0.417 e. The van der Waals surface area contributed by atoms with E-state index in [1.165, 1.54) is 12.1 Å². The number of halogens is 3. The summed E-state index contributed by atoms with van der Waals surface area (Å²) in [7, 11) is 1.72. The zero-order valence-electron chi connectivity index (χ0n) is 17.6. The summed E-state index contributed by atoms with van der Waals surface area (Å²) < 4.78 is 40.0. The third kappa shape index (κ3) is 4.83. The molecule has 31 heavy (non-hydrogen) atoms. The van der Waals surface area contributed by atoms with Gasteiger partial charge in [0.05, 0.1) is 29.2 Å². The SMILES string of the molecule is Cc1ccc(C(C)N(C)c2ccc(C#N)c(C(F)(F)F)c2)cc1CN1CC(C(=O)O)C1. The summed E-state index contributed by atoms with van der Waals surface area (Å²) >= 11 is 0. The highest BCUT2D eigenvalue weighted by Gasteiger charge is 2.34. The molecule has 0 spiro atoms. The Kier molecular flexibility index (Phi) is 6.27. The number of aliphatic carboxylic acids is 1. The summed E-state index contributed by atoms with van der Waals surface area (Å²) in [6, 6.07) is 11.1. The Morgan fingerprint density at radius 1 is 1.29 bits per heavy atom. The van der Waals surface area contributed by atoms with Gasteiger partial charge in [0, 0.05) is 32.4 Å². The van der Waals surface area contributed by atoms with Gasteiger partial charge in [-0.1, -0.05) is 18.2 Å². The summed E-state index contributed by atoms with van der Waals surface area (Å²) in [6.07, 6.45) is -4.60. The number of aryl methyl sites for hydroxylation is 1. The lowest BCUT2D eigenvalue weighted by atomic mass is 9.96. The number of carbonyl (C=O) groups is 1. The van der Waals surface area contributed by atoms with E-state index >= 15 is 0 Å². The molecule has 1 heterocycles. The van der Waals surface area contributed by atoms with Gasteiger partial charge in [0.25, 0.3) is 0 Å². The molecule has 0 aliphatic carbocycles. The highest BCUT2D eigenvalue weighted by atomic mass is 19.4. The van der Waals surface area contributed by atoms with Gasteiger partial charge in [-0.2, -0.15) is 18.4 Å². The van der Waals surface area contributed by atoms with Crippen molar-refractivity contribution in [3.63, 3.8) is 0 Å². The van der Waals surface area contributed by atoms with Gasteiger partial charge < -0.3 is 10.0 Å². The molecule has 0 amide bonds. The van der Waals surface area contributed by atoms with Crippen molar-refractivity contribution >= 4 is 11.7 Å². The zero-order valence-corrected chi connectivity index (χ0v) is 17.6. The largest absolute Gasteiger partial charge is 0.481 e. The van der Waals surface area contributed by atoms with Gasteiger partial charge in [-0.05, 0) is 48.7 Å². The molecular formula is C23H24F3N3O2. The fraction of sp³-hybridized carbons (Fsp3) is 0.391. The maximum absolute atomic E-state index is 13.3. The van der Waals surface area contributed by atoms with Crippen molar-refractivity contribution in [1.82, 2.24) is 4.90 Å². The minimum absolute atomic E-state index is 0.212. The maximum Gasteiger partial charge on any atom is 0.417 e. The number of likely N-dealkylation sites (tertiary alicyclic amines) is 1.